The second-order valence-electron chi connectivity index (χ2n) is 13.2. The third-order valence-corrected chi connectivity index (χ3v) is 9.68. The Kier molecular flexibility index (Phi) is 14.9. The highest BCUT2D eigenvalue weighted by Gasteiger charge is 2.28. The fraction of sp³-hybridized carbons (Fsp3) is 0.516. The van der Waals surface area contributed by atoms with E-state index in [2.05, 4.69) is 46.5 Å². The highest BCUT2D eigenvalue weighted by molar-refractivity contribution is 6.32. The van der Waals surface area contributed by atoms with E-state index in [4.69, 9.17) is 71.9 Å². The first-order chi connectivity index (χ1) is 27.7. The first-order valence-electron chi connectivity index (χ1n) is 18.2. The average Bonchev–Trinajstić information content (AvgIpc) is 3.18. The van der Waals surface area contributed by atoms with Crippen molar-refractivity contribution < 1.29 is 19.8 Å². The molecule has 17 N–H and O–H groups in total. The fourth-order valence-corrected chi connectivity index (χ4v) is 6.40. The number of aromatic nitrogens is 7. The van der Waals surface area contributed by atoms with Crippen LogP contribution in [0.5, 0.6) is 0 Å². The SMILES string of the molecule is N=C(NC(=O)c1nc(Cl)c(N)nc1N)NC1CCN(c2nc(NCCN(CCO)CCO)nc(N3CCC(NC(=N)NC(=O)c4nc(Cl)c(N)nc4N)CC3)n2)CC1. The maximum absolute atomic E-state index is 12.7. The molecule has 0 aromatic carbocycles. The zero-order valence-corrected chi connectivity index (χ0v) is 32.8. The molecule has 314 valence electrons. The number of anilines is 7. The molecule has 0 atom stereocenters. The molecule has 3 aromatic rings. The van der Waals surface area contributed by atoms with Crippen molar-refractivity contribution in [3.8, 4) is 0 Å². The quantitative estimate of drug-likeness (QED) is 0.0595. The predicted octanol–water partition coefficient (Wildman–Crippen LogP) is -2.37. The first kappa shape index (κ1) is 43.2. The third-order valence-electron chi connectivity index (χ3n) is 9.12. The van der Waals surface area contributed by atoms with Crippen molar-refractivity contribution >= 4 is 88.1 Å². The number of piperidine rings is 2. The number of nitrogen functional groups attached to an aromatic ring is 4. The van der Waals surface area contributed by atoms with Crippen LogP contribution in [0.25, 0.3) is 0 Å². The van der Waals surface area contributed by atoms with Gasteiger partial charge in [-0.1, -0.05) is 23.2 Å². The molecule has 0 spiro atoms. The number of nitrogens with two attached hydrogens (primary N) is 4. The molecule has 2 saturated heterocycles. The van der Waals surface area contributed by atoms with Gasteiger partial charge in [0, 0.05) is 64.4 Å². The maximum atomic E-state index is 12.7. The van der Waals surface area contributed by atoms with Crippen LogP contribution < -0.4 is 59.3 Å². The number of rotatable bonds is 14. The zero-order valence-electron chi connectivity index (χ0n) is 31.3. The van der Waals surface area contributed by atoms with Crippen molar-refractivity contribution in [2.75, 3.05) is 104 Å². The van der Waals surface area contributed by atoms with E-state index in [-0.39, 0.29) is 82.2 Å². The van der Waals surface area contributed by atoms with Crippen LogP contribution in [0.15, 0.2) is 0 Å². The lowest BCUT2D eigenvalue weighted by atomic mass is 10.1. The summed E-state index contributed by atoms with van der Waals surface area (Å²) in [5, 5.41) is 49.2. The van der Waals surface area contributed by atoms with Crippen LogP contribution in [0.4, 0.5) is 41.1 Å². The average molecular weight is 849 g/mol. The van der Waals surface area contributed by atoms with Gasteiger partial charge in [-0.15, -0.1) is 0 Å². The van der Waals surface area contributed by atoms with E-state index in [0.717, 1.165) is 0 Å². The van der Waals surface area contributed by atoms with Gasteiger partial charge in [-0.25, -0.2) is 19.9 Å². The van der Waals surface area contributed by atoms with Gasteiger partial charge in [0.25, 0.3) is 11.8 Å². The van der Waals surface area contributed by atoms with Crippen molar-refractivity contribution in [3.63, 3.8) is 0 Å². The van der Waals surface area contributed by atoms with Crippen LogP contribution >= 0.6 is 23.2 Å². The Balaban J connectivity index is 1.19. The minimum atomic E-state index is -0.763. The van der Waals surface area contributed by atoms with Crippen LogP contribution in [-0.4, -0.2) is 151 Å². The molecule has 25 nitrogen and oxygen atoms in total. The van der Waals surface area contributed by atoms with Gasteiger partial charge in [-0.3, -0.25) is 35.9 Å². The maximum Gasteiger partial charge on any atom is 0.280 e. The van der Waals surface area contributed by atoms with Crippen LogP contribution in [0.3, 0.4) is 0 Å². The molecule has 0 bridgehead atoms. The number of carbonyl (C=O) groups excluding carboxylic acids is 2. The number of hydrogen-bond acceptors (Lipinski definition) is 21. The van der Waals surface area contributed by atoms with E-state index in [0.29, 0.717) is 95.9 Å². The van der Waals surface area contributed by atoms with Crippen LogP contribution in [0, 0.1) is 10.8 Å². The molecule has 2 amide bonds. The predicted molar refractivity (Wildman–Crippen MR) is 218 cm³/mol. The molecule has 5 heterocycles. The van der Waals surface area contributed by atoms with E-state index in [1.165, 1.54) is 0 Å². The molecule has 2 aliphatic rings. The van der Waals surface area contributed by atoms with E-state index >= 15 is 0 Å². The van der Waals surface area contributed by atoms with Gasteiger partial charge < -0.3 is 58.9 Å². The second-order valence-corrected chi connectivity index (χ2v) is 13.9. The van der Waals surface area contributed by atoms with Gasteiger partial charge >= 0.3 is 0 Å². The van der Waals surface area contributed by atoms with Gasteiger partial charge in [0.15, 0.2) is 56.9 Å². The molecule has 0 aliphatic carbocycles. The van der Waals surface area contributed by atoms with Crippen molar-refractivity contribution in [1.82, 2.24) is 61.1 Å². The number of amides is 2. The summed E-state index contributed by atoms with van der Waals surface area (Å²) in [6, 6.07) is -0.315. The number of halogens is 2. The lowest BCUT2D eigenvalue weighted by molar-refractivity contribution is 0.0962. The Labute approximate surface area is 342 Å². The number of nitrogens with one attached hydrogen (secondary N) is 7. The molecule has 3 aromatic heterocycles. The monoisotopic (exact) mass is 847 g/mol. The summed E-state index contributed by atoms with van der Waals surface area (Å²) in [6.07, 6.45) is 2.33. The molecule has 2 fully saturated rings. The summed E-state index contributed by atoms with van der Waals surface area (Å²) in [7, 11) is 0. The Bertz CT molecular complexity index is 1830. The normalized spacial score (nSPS) is 14.9. The second kappa shape index (κ2) is 20.0. The van der Waals surface area contributed by atoms with E-state index < -0.39 is 11.8 Å². The summed E-state index contributed by atoms with van der Waals surface area (Å²) < 4.78 is 0. The molecule has 0 unspecified atom stereocenters. The number of nitrogens with zero attached hydrogens (tertiary/aromatic N) is 10. The summed E-state index contributed by atoms with van der Waals surface area (Å²) in [5.74, 6) is -1.44. The van der Waals surface area contributed by atoms with Gasteiger partial charge in [0.1, 0.15) is 0 Å². The molecule has 27 heteroatoms. The standard InChI is InChI=1S/C31H47Cl2N21O4/c32-19-23(36)45-21(34)17(43-19)25(57)47-27(38)41-15-1-6-53(7-2-15)30-49-29(40-5-10-52(11-13-55)12-14-56)50-31(51-30)54-8-3-16(4-9-54)42-28(39)48-26(58)18-22(35)46-24(37)20(33)44-18/h15-16,55-56H,1-14H2,(H4,34,36,45)(H4,35,37,46)(H3,38,41,47,57)(H3,39,42,48,58)(H,40,49,50,51). The molecule has 0 radical (unpaired) electrons. The number of guanidine groups is 2. The topological polar surface area (TPSA) is 386 Å². The van der Waals surface area contributed by atoms with Crippen molar-refractivity contribution in [2.45, 2.75) is 37.8 Å². The fourth-order valence-electron chi connectivity index (χ4n) is 6.15. The Morgan fingerprint density at radius 2 is 1.07 bits per heavy atom. The number of hydrogen-bond donors (Lipinski definition) is 13. The number of aliphatic hydroxyl groups excluding tert-OH is 2. The molecule has 0 saturated carbocycles. The molecular weight excluding hydrogens is 801 g/mol. The molecule has 2 aliphatic heterocycles. The zero-order chi connectivity index (χ0) is 41.9. The van der Waals surface area contributed by atoms with E-state index in [1.54, 1.807) is 0 Å². The van der Waals surface area contributed by atoms with Gasteiger partial charge in [-0.05, 0) is 25.7 Å². The molecule has 5 rings (SSSR count). The Morgan fingerprint density at radius 3 is 1.47 bits per heavy atom. The minimum Gasteiger partial charge on any atom is -0.395 e. The lowest BCUT2D eigenvalue weighted by Crippen LogP contribution is -2.50. The third kappa shape index (κ3) is 11.6. The molecular formula is C31H47Cl2N21O4. The summed E-state index contributed by atoms with van der Waals surface area (Å²) in [4.78, 5) is 60.9. The van der Waals surface area contributed by atoms with Crippen LogP contribution in [-0.2, 0) is 0 Å². The van der Waals surface area contributed by atoms with Crippen LogP contribution in [0.2, 0.25) is 10.3 Å². The Hall–Kier alpha value is -5.89. The smallest absolute Gasteiger partial charge is 0.280 e. The van der Waals surface area contributed by atoms with Gasteiger partial charge in [-0.2, -0.15) is 15.0 Å². The largest absolute Gasteiger partial charge is 0.395 e. The summed E-state index contributed by atoms with van der Waals surface area (Å²) >= 11 is 11.8. The highest BCUT2D eigenvalue weighted by Crippen LogP contribution is 2.24. The number of carbonyl (C=O) groups is 2. The van der Waals surface area contributed by atoms with Gasteiger partial charge in [0.05, 0.1) is 13.2 Å². The Morgan fingerprint density at radius 1 is 0.655 bits per heavy atom. The molecule has 58 heavy (non-hydrogen) atoms. The summed E-state index contributed by atoms with van der Waals surface area (Å²) in [5.41, 5.74) is 22.2. The van der Waals surface area contributed by atoms with Crippen molar-refractivity contribution in [3.05, 3.63) is 21.7 Å². The lowest BCUT2D eigenvalue weighted by Gasteiger charge is -2.35. The minimum absolute atomic E-state index is 0.0467. The van der Waals surface area contributed by atoms with Crippen molar-refractivity contribution in [1.29, 1.82) is 10.8 Å². The van der Waals surface area contributed by atoms with Gasteiger partial charge in [0.2, 0.25) is 17.8 Å². The van der Waals surface area contributed by atoms with Crippen molar-refractivity contribution in [2.24, 2.45) is 0 Å². The number of aliphatic hydroxyl groups is 2. The van der Waals surface area contributed by atoms with E-state index in [9.17, 15) is 19.8 Å². The van der Waals surface area contributed by atoms with Crippen LogP contribution in [0.1, 0.15) is 46.7 Å². The summed E-state index contributed by atoms with van der Waals surface area (Å²) in [6.45, 7) is 3.75. The first-order valence-corrected chi connectivity index (χ1v) is 18.9. The van der Waals surface area contributed by atoms with E-state index in [1.807, 2.05) is 14.7 Å². The highest BCUT2D eigenvalue weighted by atomic mass is 35.5.